The maximum atomic E-state index is 13.1. The summed E-state index contributed by atoms with van der Waals surface area (Å²) in [7, 11) is 0. The maximum absolute atomic E-state index is 13.1. The van der Waals surface area contributed by atoms with Crippen molar-refractivity contribution in [1.82, 2.24) is 4.90 Å². The van der Waals surface area contributed by atoms with E-state index in [0.717, 1.165) is 49.6 Å². The minimum atomic E-state index is -0.686. The summed E-state index contributed by atoms with van der Waals surface area (Å²) in [4.78, 5) is 15.6. The lowest BCUT2D eigenvalue weighted by atomic mass is 9.78. The third kappa shape index (κ3) is 6.45. The molecule has 3 rings (SSSR count). The van der Waals surface area contributed by atoms with Crippen molar-refractivity contribution in [2.75, 3.05) is 38.2 Å². The van der Waals surface area contributed by atoms with Gasteiger partial charge in [-0.3, -0.25) is 9.69 Å². The van der Waals surface area contributed by atoms with E-state index in [0.29, 0.717) is 19.1 Å². The van der Waals surface area contributed by atoms with E-state index in [4.69, 9.17) is 9.47 Å². The standard InChI is InChI=1S/C25H40N2O3/c1-4-16-30-25(13-5-7-20(2)18-25)24(28)26-22-9-11-23(12-10-22)29-17-15-27-14-6-8-21(3)19-27/h9-12,20-21H,4-8,13-19H2,1-3H3,(H,26,28)/t20-,21-,25-/m1/s1. The summed E-state index contributed by atoms with van der Waals surface area (Å²) >= 11 is 0. The van der Waals surface area contributed by atoms with E-state index >= 15 is 0 Å². The molecule has 2 fully saturated rings. The zero-order chi connectivity index (χ0) is 21.4. The van der Waals surface area contributed by atoms with Crippen LogP contribution in [0, 0.1) is 11.8 Å². The van der Waals surface area contributed by atoms with E-state index in [1.807, 2.05) is 24.3 Å². The van der Waals surface area contributed by atoms with Crippen LogP contribution in [0.4, 0.5) is 5.69 Å². The predicted molar refractivity (Wildman–Crippen MR) is 122 cm³/mol. The van der Waals surface area contributed by atoms with Crippen molar-refractivity contribution in [2.45, 2.75) is 71.3 Å². The summed E-state index contributed by atoms with van der Waals surface area (Å²) in [6.45, 7) is 11.3. The van der Waals surface area contributed by atoms with Crippen molar-refractivity contribution in [3.63, 3.8) is 0 Å². The molecule has 0 aromatic heterocycles. The van der Waals surface area contributed by atoms with E-state index in [-0.39, 0.29) is 5.91 Å². The number of ether oxygens (including phenoxy) is 2. The Morgan fingerprint density at radius 2 is 1.90 bits per heavy atom. The van der Waals surface area contributed by atoms with Crippen molar-refractivity contribution in [3.05, 3.63) is 24.3 Å². The number of benzene rings is 1. The fraction of sp³-hybridized carbons (Fsp3) is 0.720. The molecule has 1 aromatic rings. The maximum Gasteiger partial charge on any atom is 0.256 e. The highest BCUT2D eigenvalue weighted by Gasteiger charge is 2.42. The van der Waals surface area contributed by atoms with Gasteiger partial charge in [0.2, 0.25) is 0 Å². The van der Waals surface area contributed by atoms with Crippen molar-refractivity contribution in [2.24, 2.45) is 11.8 Å². The molecule has 2 aliphatic rings. The highest BCUT2D eigenvalue weighted by Crippen LogP contribution is 2.36. The largest absolute Gasteiger partial charge is 0.492 e. The van der Waals surface area contributed by atoms with Crippen molar-refractivity contribution in [1.29, 1.82) is 0 Å². The van der Waals surface area contributed by atoms with Crippen molar-refractivity contribution < 1.29 is 14.3 Å². The van der Waals surface area contributed by atoms with E-state index in [9.17, 15) is 4.79 Å². The smallest absolute Gasteiger partial charge is 0.256 e. The zero-order valence-corrected chi connectivity index (χ0v) is 19.1. The van der Waals surface area contributed by atoms with Crippen LogP contribution in [0.5, 0.6) is 5.75 Å². The van der Waals surface area contributed by atoms with Crippen LogP contribution >= 0.6 is 0 Å². The van der Waals surface area contributed by atoms with E-state index in [1.165, 1.54) is 32.4 Å². The van der Waals surface area contributed by atoms with Gasteiger partial charge in [0.1, 0.15) is 18.0 Å². The number of nitrogens with one attached hydrogen (secondary N) is 1. The second-order valence-electron chi connectivity index (χ2n) is 9.42. The fourth-order valence-corrected chi connectivity index (χ4v) is 4.87. The molecule has 0 radical (unpaired) electrons. The lowest BCUT2D eigenvalue weighted by Gasteiger charge is -2.38. The Morgan fingerprint density at radius 1 is 1.13 bits per heavy atom. The molecule has 3 atom stereocenters. The van der Waals surface area contributed by atoms with Gasteiger partial charge in [-0.25, -0.2) is 0 Å². The number of carbonyl (C=O) groups excluding carboxylic acids is 1. The Balaban J connectivity index is 1.50. The molecule has 0 bridgehead atoms. The molecule has 0 unspecified atom stereocenters. The second-order valence-corrected chi connectivity index (χ2v) is 9.42. The molecular weight excluding hydrogens is 376 g/mol. The normalized spacial score (nSPS) is 27.6. The molecule has 30 heavy (non-hydrogen) atoms. The monoisotopic (exact) mass is 416 g/mol. The number of rotatable bonds is 9. The first-order chi connectivity index (χ1) is 14.5. The lowest BCUT2D eigenvalue weighted by molar-refractivity contribution is -0.148. The topological polar surface area (TPSA) is 50.8 Å². The molecular formula is C25H40N2O3. The minimum Gasteiger partial charge on any atom is -0.492 e. The Bertz CT molecular complexity index is 663. The summed E-state index contributed by atoms with van der Waals surface area (Å²) in [5, 5.41) is 3.09. The van der Waals surface area contributed by atoms with Crippen LogP contribution in [0.2, 0.25) is 0 Å². The number of likely N-dealkylation sites (tertiary alicyclic amines) is 1. The number of anilines is 1. The number of hydrogen-bond donors (Lipinski definition) is 1. The Hall–Kier alpha value is -1.59. The second kappa shape index (κ2) is 11.1. The number of amides is 1. The summed E-state index contributed by atoms with van der Waals surface area (Å²) in [6.07, 6.45) is 7.38. The van der Waals surface area contributed by atoms with Gasteiger partial charge in [-0.15, -0.1) is 0 Å². The predicted octanol–water partition coefficient (Wildman–Crippen LogP) is 5.11. The van der Waals surface area contributed by atoms with E-state index in [2.05, 4.69) is 31.0 Å². The van der Waals surface area contributed by atoms with Crippen LogP contribution < -0.4 is 10.1 Å². The summed E-state index contributed by atoms with van der Waals surface area (Å²) < 4.78 is 12.1. The molecule has 1 saturated heterocycles. The molecule has 1 amide bonds. The molecule has 1 N–H and O–H groups in total. The first-order valence-electron chi connectivity index (χ1n) is 11.9. The van der Waals surface area contributed by atoms with Gasteiger partial charge in [0.25, 0.3) is 5.91 Å². The third-order valence-corrected chi connectivity index (χ3v) is 6.48. The average molecular weight is 417 g/mol. The molecule has 5 nitrogen and oxygen atoms in total. The zero-order valence-electron chi connectivity index (χ0n) is 19.1. The Labute approximate surface area is 182 Å². The summed E-state index contributed by atoms with van der Waals surface area (Å²) in [5.74, 6) is 2.15. The summed E-state index contributed by atoms with van der Waals surface area (Å²) in [5.41, 5.74) is 0.115. The molecule has 0 spiro atoms. The van der Waals surface area contributed by atoms with Gasteiger partial charge in [0, 0.05) is 25.4 Å². The number of piperidine rings is 1. The average Bonchev–Trinajstić information content (AvgIpc) is 2.73. The molecule has 1 saturated carbocycles. The third-order valence-electron chi connectivity index (χ3n) is 6.48. The molecule has 5 heteroatoms. The SMILES string of the molecule is CCCO[C@]1(C(=O)Nc2ccc(OCCN3CCC[C@@H](C)C3)cc2)CCC[C@@H](C)C1. The molecule has 1 aromatic carbocycles. The quantitative estimate of drug-likeness (QED) is 0.608. The van der Waals surface area contributed by atoms with Gasteiger partial charge in [-0.1, -0.05) is 27.2 Å². The summed E-state index contributed by atoms with van der Waals surface area (Å²) in [6, 6.07) is 7.74. The molecule has 1 aliphatic carbocycles. The Kier molecular flexibility index (Phi) is 8.58. The van der Waals surface area contributed by atoms with Crippen LogP contribution in [-0.4, -0.2) is 49.3 Å². The fourth-order valence-electron chi connectivity index (χ4n) is 4.87. The molecule has 1 heterocycles. The van der Waals surface area contributed by atoms with E-state index < -0.39 is 5.60 Å². The van der Waals surface area contributed by atoms with Gasteiger partial charge in [0.15, 0.2) is 0 Å². The van der Waals surface area contributed by atoms with Gasteiger partial charge in [0.05, 0.1) is 0 Å². The van der Waals surface area contributed by atoms with Crippen LogP contribution in [0.25, 0.3) is 0 Å². The Morgan fingerprint density at radius 3 is 2.60 bits per heavy atom. The van der Waals surface area contributed by atoms with Crippen molar-refractivity contribution >= 4 is 11.6 Å². The highest BCUT2D eigenvalue weighted by molar-refractivity contribution is 5.97. The van der Waals surface area contributed by atoms with Crippen LogP contribution in [0.1, 0.15) is 65.7 Å². The molecule has 1 aliphatic heterocycles. The molecule has 168 valence electrons. The van der Waals surface area contributed by atoms with Crippen LogP contribution in [0.3, 0.4) is 0 Å². The first kappa shape index (κ1) is 23.1. The lowest BCUT2D eigenvalue weighted by Crippen LogP contribution is -2.48. The van der Waals surface area contributed by atoms with Gasteiger partial charge in [-0.2, -0.15) is 0 Å². The first-order valence-corrected chi connectivity index (χ1v) is 11.9. The number of carbonyl (C=O) groups is 1. The highest BCUT2D eigenvalue weighted by atomic mass is 16.5. The number of hydrogen-bond acceptors (Lipinski definition) is 4. The van der Waals surface area contributed by atoms with Gasteiger partial charge < -0.3 is 14.8 Å². The van der Waals surface area contributed by atoms with Gasteiger partial charge in [-0.05, 0) is 81.2 Å². The van der Waals surface area contributed by atoms with E-state index in [1.54, 1.807) is 0 Å². The van der Waals surface area contributed by atoms with Crippen LogP contribution in [0.15, 0.2) is 24.3 Å². The van der Waals surface area contributed by atoms with Crippen molar-refractivity contribution in [3.8, 4) is 5.75 Å². The number of nitrogens with zero attached hydrogens (tertiary/aromatic N) is 1. The minimum absolute atomic E-state index is 0.00427. The van der Waals surface area contributed by atoms with Gasteiger partial charge >= 0.3 is 0 Å². The van der Waals surface area contributed by atoms with Crippen LogP contribution in [-0.2, 0) is 9.53 Å².